The Balaban J connectivity index is 1.67. The molecule has 0 spiro atoms. The molecule has 1 aromatic heterocycles. The van der Waals surface area contributed by atoms with Crippen molar-refractivity contribution >= 4 is 51.4 Å². The third kappa shape index (κ3) is 2.89. The molecule has 8 heteroatoms. The Morgan fingerprint density at radius 3 is 2.88 bits per heavy atom. The molecule has 0 fully saturated rings. The van der Waals surface area contributed by atoms with Crippen molar-refractivity contribution in [3.63, 3.8) is 0 Å². The summed E-state index contributed by atoms with van der Waals surface area (Å²) in [7, 11) is 0. The van der Waals surface area contributed by atoms with Gasteiger partial charge in [-0.05, 0) is 48.5 Å². The molecule has 26 heavy (non-hydrogen) atoms. The molecule has 0 saturated heterocycles. The molecule has 0 atom stereocenters. The first-order valence-corrected chi connectivity index (χ1v) is 9.10. The van der Waals surface area contributed by atoms with Gasteiger partial charge in [0.2, 0.25) is 5.17 Å². The second-order valence-corrected chi connectivity index (χ2v) is 7.00. The number of furan rings is 1. The van der Waals surface area contributed by atoms with Gasteiger partial charge in [0.15, 0.2) is 5.84 Å². The molecule has 0 aliphatic carbocycles. The molecule has 3 heterocycles. The van der Waals surface area contributed by atoms with Crippen molar-refractivity contribution in [3.05, 3.63) is 52.8 Å². The number of hydrazone groups is 1. The number of aliphatic imine (C=N–C) groups is 1. The number of benzene rings is 1. The number of halogens is 1. The predicted molar refractivity (Wildman–Crippen MR) is 104 cm³/mol. The van der Waals surface area contributed by atoms with Crippen molar-refractivity contribution in [2.75, 3.05) is 0 Å². The van der Waals surface area contributed by atoms with Crippen molar-refractivity contribution in [3.8, 4) is 11.3 Å². The lowest BCUT2D eigenvalue weighted by atomic mass is 10.1. The van der Waals surface area contributed by atoms with E-state index in [1.165, 1.54) is 22.8 Å². The molecule has 130 valence electrons. The van der Waals surface area contributed by atoms with Gasteiger partial charge in [0.25, 0.3) is 5.91 Å². The Morgan fingerprint density at radius 2 is 2.12 bits per heavy atom. The number of carbonyl (C=O) groups excluding carboxylic acids is 1. The normalized spacial score (nSPS) is 18.2. The summed E-state index contributed by atoms with van der Waals surface area (Å²) in [4.78, 5) is 16.4. The van der Waals surface area contributed by atoms with Crippen LogP contribution in [0.1, 0.15) is 19.1 Å². The number of thioether (sulfide) groups is 1. The lowest BCUT2D eigenvalue weighted by Crippen LogP contribution is -2.35. The first-order valence-electron chi connectivity index (χ1n) is 7.90. The van der Waals surface area contributed by atoms with Crippen LogP contribution in [-0.4, -0.2) is 27.0 Å². The summed E-state index contributed by atoms with van der Waals surface area (Å²) in [5.41, 5.74) is 0.896. The quantitative estimate of drug-likeness (QED) is 0.782. The first-order chi connectivity index (χ1) is 12.6. The van der Waals surface area contributed by atoms with E-state index in [1.54, 1.807) is 18.2 Å². The SMILES string of the molecule is CCC1=NN2C(=N)C(=Cc3ccc(-c4ccccc4Cl)o3)C(=O)N=C2S1. The predicted octanol–water partition coefficient (Wildman–Crippen LogP) is 4.63. The third-order valence-electron chi connectivity index (χ3n) is 3.85. The zero-order valence-electron chi connectivity index (χ0n) is 13.7. The van der Waals surface area contributed by atoms with E-state index < -0.39 is 5.91 Å². The summed E-state index contributed by atoms with van der Waals surface area (Å²) in [5, 5.41) is 15.8. The van der Waals surface area contributed by atoms with E-state index in [9.17, 15) is 4.79 Å². The molecule has 2 aliphatic rings. The second-order valence-electron chi connectivity index (χ2n) is 5.55. The molecule has 2 aliphatic heterocycles. The standard InChI is InChI=1S/C18H13ClN4O2S/c1-2-15-22-23-16(20)12(17(24)21-18(23)26-15)9-10-7-8-14(25-10)11-5-3-4-6-13(11)19/h3-9,20H,2H2,1H3. The summed E-state index contributed by atoms with van der Waals surface area (Å²) >= 11 is 7.50. The molecule has 1 amide bonds. The van der Waals surface area contributed by atoms with Gasteiger partial charge in [-0.15, -0.1) is 0 Å². The van der Waals surface area contributed by atoms with E-state index in [4.69, 9.17) is 21.4 Å². The Kier molecular flexibility index (Phi) is 4.26. The number of hydrogen-bond donors (Lipinski definition) is 1. The van der Waals surface area contributed by atoms with E-state index in [-0.39, 0.29) is 11.4 Å². The number of carbonyl (C=O) groups is 1. The Hall–Kier alpha value is -2.64. The fourth-order valence-corrected chi connectivity index (χ4v) is 3.61. The summed E-state index contributed by atoms with van der Waals surface area (Å²) in [6.45, 7) is 1.96. The van der Waals surface area contributed by atoms with Gasteiger partial charge in [0, 0.05) is 5.56 Å². The van der Waals surface area contributed by atoms with Gasteiger partial charge in [-0.1, -0.05) is 30.7 Å². The maximum Gasteiger partial charge on any atom is 0.283 e. The first kappa shape index (κ1) is 16.8. The molecule has 6 nitrogen and oxygen atoms in total. The highest BCUT2D eigenvalue weighted by Crippen LogP contribution is 2.32. The molecule has 0 unspecified atom stereocenters. The number of hydrogen-bond acceptors (Lipinski definition) is 5. The number of amides is 1. The van der Waals surface area contributed by atoms with Crippen LogP contribution in [0.4, 0.5) is 0 Å². The molecule has 1 aromatic carbocycles. The zero-order chi connectivity index (χ0) is 18.3. The van der Waals surface area contributed by atoms with E-state index in [0.29, 0.717) is 21.7 Å². The van der Waals surface area contributed by atoms with Crippen molar-refractivity contribution in [1.82, 2.24) is 5.01 Å². The number of rotatable bonds is 3. The van der Waals surface area contributed by atoms with Crippen LogP contribution >= 0.6 is 23.4 Å². The minimum Gasteiger partial charge on any atom is -0.457 e. The van der Waals surface area contributed by atoms with Gasteiger partial charge in [-0.3, -0.25) is 10.2 Å². The fourth-order valence-electron chi connectivity index (χ4n) is 2.55. The lowest BCUT2D eigenvalue weighted by molar-refractivity contribution is -0.114. The molecule has 2 aromatic rings. The van der Waals surface area contributed by atoms with Crippen LogP contribution in [0.25, 0.3) is 17.4 Å². The Morgan fingerprint density at radius 1 is 1.31 bits per heavy atom. The van der Waals surface area contributed by atoms with Crippen molar-refractivity contribution in [1.29, 1.82) is 5.41 Å². The second kappa shape index (κ2) is 6.59. The largest absolute Gasteiger partial charge is 0.457 e. The highest BCUT2D eigenvalue weighted by Gasteiger charge is 2.35. The Bertz CT molecular complexity index is 1020. The van der Waals surface area contributed by atoms with Gasteiger partial charge < -0.3 is 4.42 Å². The van der Waals surface area contributed by atoms with Crippen LogP contribution in [0.5, 0.6) is 0 Å². The minimum absolute atomic E-state index is 0.00774. The number of fused-ring (bicyclic) bond motifs is 1. The third-order valence-corrected chi connectivity index (χ3v) is 5.23. The zero-order valence-corrected chi connectivity index (χ0v) is 15.3. The average Bonchev–Trinajstić information content (AvgIpc) is 3.26. The number of nitrogens with zero attached hydrogens (tertiary/aromatic N) is 3. The highest BCUT2D eigenvalue weighted by atomic mass is 35.5. The van der Waals surface area contributed by atoms with E-state index in [2.05, 4.69) is 10.1 Å². The van der Waals surface area contributed by atoms with Crippen LogP contribution < -0.4 is 0 Å². The van der Waals surface area contributed by atoms with Gasteiger partial charge in [-0.25, -0.2) is 0 Å². The van der Waals surface area contributed by atoms with Crippen LogP contribution in [0.15, 0.2) is 56.5 Å². The van der Waals surface area contributed by atoms with Crippen LogP contribution in [-0.2, 0) is 4.79 Å². The van der Waals surface area contributed by atoms with Gasteiger partial charge in [0.05, 0.1) is 10.6 Å². The lowest BCUT2D eigenvalue weighted by Gasteiger charge is -2.19. The molecule has 0 radical (unpaired) electrons. The summed E-state index contributed by atoms with van der Waals surface area (Å²) in [6.07, 6.45) is 2.23. The average molecular weight is 385 g/mol. The number of nitrogens with one attached hydrogen (secondary N) is 1. The summed E-state index contributed by atoms with van der Waals surface area (Å²) < 4.78 is 5.79. The van der Waals surface area contributed by atoms with E-state index >= 15 is 0 Å². The molecular weight excluding hydrogens is 372 g/mol. The highest BCUT2D eigenvalue weighted by molar-refractivity contribution is 8.26. The topological polar surface area (TPSA) is 82.0 Å². The van der Waals surface area contributed by atoms with Crippen LogP contribution in [0.2, 0.25) is 5.02 Å². The molecular formula is C18H13ClN4O2S. The van der Waals surface area contributed by atoms with Gasteiger partial charge >= 0.3 is 0 Å². The van der Waals surface area contributed by atoms with E-state index in [1.807, 2.05) is 25.1 Å². The molecule has 0 saturated carbocycles. The maximum atomic E-state index is 12.3. The van der Waals surface area contributed by atoms with Crippen molar-refractivity contribution < 1.29 is 9.21 Å². The Labute approximate surface area is 158 Å². The van der Waals surface area contributed by atoms with Crippen molar-refractivity contribution in [2.45, 2.75) is 13.3 Å². The molecule has 4 rings (SSSR count). The van der Waals surface area contributed by atoms with Gasteiger partial charge in [-0.2, -0.15) is 15.1 Å². The summed E-state index contributed by atoms with van der Waals surface area (Å²) in [6, 6.07) is 10.8. The summed E-state index contributed by atoms with van der Waals surface area (Å²) in [5.74, 6) is 0.548. The smallest absolute Gasteiger partial charge is 0.283 e. The minimum atomic E-state index is -0.475. The molecule has 0 bridgehead atoms. The monoisotopic (exact) mass is 384 g/mol. The fraction of sp³-hybridized carbons (Fsp3) is 0.111. The van der Waals surface area contributed by atoms with Gasteiger partial charge in [0.1, 0.15) is 16.6 Å². The van der Waals surface area contributed by atoms with Crippen LogP contribution in [0, 0.1) is 5.41 Å². The molecule has 1 N–H and O–H groups in total. The van der Waals surface area contributed by atoms with Crippen molar-refractivity contribution in [2.24, 2.45) is 10.1 Å². The maximum absolute atomic E-state index is 12.3. The van der Waals surface area contributed by atoms with E-state index in [0.717, 1.165) is 17.0 Å². The number of amidine groups is 2. The van der Waals surface area contributed by atoms with Crippen LogP contribution in [0.3, 0.4) is 0 Å².